The fraction of sp³-hybridized carbons (Fsp3) is 0.368. The molecule has 2 aliphatic heterocycles. The number of carbonyl (C=O) groups is 1. The third-order valence-electron chi connectivity index (χ3n) is 4.87. The fourth-order valence-corrected chi connectivity index (χ4v) is 3.52. The number of amides is 2. The highest BCUT2D eigenvalue weighted by molar-refractivity contribution is 5.92. The zero-order valence-corrected chi connectivity index (χ0v) is 14.3. The SMILES string of the molecule is CN1CCc2c(NC(=O)N3CC[C@@H](Oc4cccnc4)C3)cccc21. The lowest BCUT2D eigenvalue weighted by Crippen LogP contribution is -2.34. The lowest BCUT2D eigenvalue weighted by molar-refractivity contribution is 0.194. The number of fused-ring (bicyclic) bond motifs is 1. The number of aromatic nitrogens is 1. The molecule has 130 valence electrons. The molecule has 1 saturated heterocycles. The number of pyridine rings is 1. The molecule has 4 rings (SSSR count). The van der Waals surface area contributed by atoms with E-state index in [4.69, 9.17) is 4.74 Å². The Kier molecular flexibility index (Phi) is 4.17. The van der Waals surface area contributed by atoms with Gasteiger partial charge in [-0.2, -0.15) is 0 Å². The highest BCUT2D eigenvalue weighted by Gasteiger charge is 2.28. The van der Waals surface area contributed by atoms with Crippen LogP contribution in [0.4, 0.5) is 16.2 Å². The maximum atomic E-state index is 12.6. The largest absolute Gasteiger partial charge is 0.487 e. The Balaban J connectivity index is 1.38. The number of nitrogens with zero attached hydrogens (tertiary/aromatic N) is 3. The van der Waals surface area contributed by atoms with Crippen molar-refractivity contribution in [3.63, 3.8) is 0 Å². The topological polar surface area (TPSA) is 57.7 Å². The lowest BCUT2D eigenvalue weighted by Gasteiger charge is -2.19. The van der Waals surface area contributed by atoms with Crippen molar-refractivity contribution in [3.8, 4) is 5.75 Å². The first-order valence-corrected chi connectivity index (χ1v) is 8.66. The summed E-state index contributed by atoms with van der Waals surface area (Å²) in [6.45, 7) is 2.29. The summed E-state index contributed by atoms with van der Waals surface area (Å²) in [5.74, 6) is 0.749. The van der Waals surface area contributed by atoms with E-state index >= 15 is 0 Å². The molecule has 6 heteroatoms. The van der Waals surface area contributed by atoms with Crippen LogP contribution in [-0.4, -0.2) is 48.7 Å². The van der Waals surface area contributed by atoms with E-state index in [1.807, 2.05) is 29.2 Å². The van der Waals surface area contributed by atoms with Crippen LogP contribution in [0, 0.1) is 0 Å². The van der Waals surface area contributed by atoms with Gasteiger partial charge in [-0.15, -0.1) is 0 Å². The van der Waals surface area contributed by atoms with Crippen molar-refractivity contribution < 1.29 is 9.53 Å². The minimum Gasteiger partial charge on any atom is -0.487 e. The quantitative estimate of drug-likeness (QED) is 0.935. The Morgan fingerprint density at radius 2 is 2.20 bits per heavy atom. The molecular weight excluding hydrogens is 316 g/mol. The van der Waals surface area contributed by atoms with Gasteiger partial charge >= 0.3 is 6.03 Å². The van der Waals surface area contributed by atoms with Gasteiger partial charge in [-0.25, -0.2) is 4.79 Å². The van der Waals surface area contributed by atoms with E-state index < -0.39 is 0 Å². The first-order chi connectivity index (χ1) is 12.2. The van der Waals surface area contributed by atoms with Crippen LogP contribution in [-0.2, 0) is 6.42 Å². The molecule has 1 aromatic carbocycles. The van der Waals surface area contributed by atoms with Gasteiger partial charge in [-0.1, -0.05) is 6.07 Å². The summed E-state index contributed by atoms with van der Waals surface area (Å²) in [6.07, 6.45) is 5.23. The Morgan fingerprint density at radius 3 is 3.04 bits per heavy atom. The molecule has 0 aliphatic carbocycles. The van der Waals surface area contributed by atoms with Gasteiger partial charge in [0.25, 0.3) is 0 Å². The number of likely N-dealkylation sites (tertiary alicyclic amines) is 1. The summed E-state index contributed by atoms with van der Waals surface area (Å²) < 4.78 is 5.90. The van der Waals surface area contributed by atoms with E-state index in [-0.39, 0.29) is 12.1 Å². The highest BCUT2D eigenvalue weighted by atomic mass is 16.5. The van der Waals surface area contributed by atoms with Crippen LogP contribution in [0.3, 0.4) is 0 Å². The Morgan fingerprint density at radius 1 is 1.28 bits per heavy atom. The van der Waals surface area contributed by atoms with Crippen molar-refractivity contribution in [2.45, 2.75) is 18.9 Å². The number of rotatable bonds is 3. The smallest absolute Gasteiger partial charge is 0.321 e. The number of urea groups is 1. The summed E-state index contributed by atoms with van der Waals surface area (Å²) in [5, 5.41) is 3.08. The van der Waals surface area contributed by atoms with E-state index in [9.17, 15) is 4.79 Å². The molecule has 6 nitrogen and oxygen atoms in total. The van der Waals surface area contributed by atoms with Gasteiger partial charge in [0.2, 0.25) is 0 Å². The number of carbonyl (C=O) groups excluding carboxylic acids is 1. The molecule has 0 saturated carbocycles. The normalized spacial score (nSPS) is 19.0. The number of anilines is 2. The van der Waals surface area contributed by atoms with Gasteiger partial charge in [0.15, 0.2) is 0 Å². The van der Waals surface area contributed by atoms with Gasteiger partial charge < -0.3 is 19.9 Å². The standard InChI is InChI=1S/C19H22N4O2/c1-22-10-8-16-17(5-2-6-18(16)22)21-19(24)23-11-7-15(13-23)25-14-4-3-9-20-12-14/h2-6,9,12,15H,7-8,10-11,13H2,1H3,(H,21,24)/t15-/m1/s1. The van der Waals surface area contributed by atoms with E-state index in [0.717, 1.165) is 30.8 Å². The number of ether oxygens (including phenoxy) is 1. The van der Waals surface area contributed by atoms with Crippen LogP contribution in [0.15, 0.2) is 42.7 Å². The molecule has 1 aromatic heterocycles. The molecule has 1 atom stereocenters. The molecule has 1 N–H and O–H groups in total. The predicted octanol–water partition coefficient (Wildman–Crippen LogP) is 2.76. The lowest BCUT2D eigenvalue weighted by atomic mass is 10.1. The van der Waals surface area contributed by atoms with Gasteiger partial charge in [0, 0.05) is 49.7 Å². The van der Waals surface area contributed by atoms with E-state index in [1.165, 1.54) is 11.3 Å². The maximum Gasteiger partial charge on any atom is 0.321 e. The summed E-state index contributed by atoms with van der Waals surface area (Å²) in [6, 6.07) is 9.76. The maximum absolute atomic E-state index is 12.6. The van der Waals surface area contributed by atoms with E-state index in [1.54, 1.807) is 12.4 Å². The fourth-order valence-electron chi connectivity index (χ4n) is 3.52. The van der Waals surface area contributed by atoms with Crippen molar-refractivity contribution in [2.75, 3.05) is 36.9 Å². The highest BCUT2D eigenvalue weighted by Crippen LogP contribution is 2.32. The second-order valence-electron chi connectivity index (χ2n) is 6.57. The molecule has 1 fully saturated rings. The van der Waals surface area contributed by atoms with E-state index in [2.05, 4.69) is 28.3 Å². The molecule has 0 bridgehead atoms. The third kappa shape index (κ3) is 3.24. The molecule has 0 spiro atoms. The Bertz CT molecular complexity index is 765. The number of hydrogen-bond acceptors (Lipinski definition) is 4. The summed E-state index contributed by atoms with van der Waals surface area (Å²) in [5.41, 5.74) is 3.35. The van der Waals surface area contributed by atoms with Crippen molar-refractivity contribution in [1.82, 2.24) is 9.88 Å². The van der Waals surface area contributed by atoms with Gasteiger partial charge in [0.05, 0.1) is 12.7 Å². The number of benzene rings is 1. The van der Waals surface area contributed by atoms with E-state index in [0.29, 0.717) is 13.1 Å². The zero-order chi connectivity index (χ0) is 17.2. The summed E-state index contributed by atoms with van der Waals surface area (Å²) >= 11 is 0. The molecule has 0 unspecified atom stereocenters. The molecule has 0 radical (unpaired) electrons. The summed E-state index contributed by atoms with van der Waals surface area (Å²) in [4.78, 5) is 20.7. The first-order valence-electron chi connectivity index (χ1n) is 8.66. The van der Waals surface area contributed by atoms with Gasteiger partial charge in [-0.3, -0.25) is 4.98 Å². The second kappa shape index (κ2) is 6.63. The van der Waals surface area contributed by atoms with Crippen molar-refractivity contribution in [1.29, 1.82) is 0 Å². The van der Waals surface area contributed by atoms with Crippen LogP contribution < -0.4 is 15.0 Å². The molecule has 2 aliphatic rings. The minimum absolute atomic E-state index is 0.0163. The molecule has 2 amide bonds. The van der Waals surface area contributed by atoms with Crippen LogP contribution in [0.1, 0.15) is 12.0 Å². The minimum atomic E-state index is -0.0553. The van der Waals surface area contributed by atoms with Crippen molar-refractivity contribution in [3.05, 3.63) is 48.3 Å². The average molecular weight is 338 g/mol. The molecular formula is C19H22N4O2. The van der Waals surface area contributed by atoms with Crippen LogP contribution >= 0.6 is 0 Å². The molecule has 2 aromatic rings. The van der Waals surface area contributed by atoms with Crippen LogP contribution in [0.25, 0.3) is 0 Å². The molecule has 3 heterocycles. The first kappa shape index (κ1) is 15.7. The number of hydrogen-bond donors (Lipinski definition) is 1. The van der Waals surface area contributed by atoms with Crippen molar-refractivity contribution in [2.24, 2.45) is 0 Å². The van der Waals surface area contributed by atoms with Crippen LogP contribution in [0.2, 0.25) is 0 Å². The van der Waals surface area contributed by atoms with Crippen molar-refractivity contribution >= 4 is 17.4 Å². The Labute approximate surface area is 147 Å². The second-order valence-corrected chi connectivity index (χ2v) is 6.57. The zero-order valence-electron chi connectivity index (χ0n) is 14.3. The monoisotopic (exact) mass is 338 g/mol. The predicted molar refractivity (Wildman–Crippen MR) is 97.3 cm³/mol. The van der Waals surface area contributed by atoms with Gasteiger partial charge in [0.1, 0.15) is 11.9 Å². The third-order valence-corrected chi connectivity index (χ3v) is 4.87. The average Bonchev–Trinajstić information content (AvgIpc) is 3.24. The number of likely N-dealkylation sites (N-methyl/N-ethyl adjacent to an activating group) is 1. The summed E-state index contributed by atoms with van der Waals surface area (Å²) in [7, 11) is 2.08. The number of nitrogens with one attached hydrogen (secondary N) is 1. The van der Waals surface area contributed by atoms with Crippen LogP contribution in [0.5, 0.6) is 5.75 Å². The Hall–Kier alpha value is -2.76. The molecule has 25 heavy (non-hydrogen) atoms. The van der Waals surface area contributed by atoms with Gasteiger partial charge in [-0.05, 0) is 30.7 Å².